The van der Waals surface area contributed by atoms with E-state index in [1.165, 1.54) is 0 Å². The summed E-state index contributed by atoms with van der Waals surface area (Å²) in [5.41, 5.74) is 14.5. The van der Waals surface area contributed by atoms with Gasteiger partial charge in [-0.15, -0.1) is 0 Å². The summed E-state index contributed by atoms with van der Waals surface area (Å²) < 4.78 is 7.82. The highest BCUT2D eigenvalue weighted by molar-refractivity contribution is 6.39. The predicted molar refractivity (Wildman–Crippen MR) is 148 cm³/mol. The highest BCUT2D eigenvalue weighted by Crippen LogP contribution is 2.33. The number of hydrogen-bond acceptors (Lipinski definition) is 4. The highest BCUT2D eigenvalue weighted by Gasteiger charge is 2.26. The maximum atomic E-state index is 13.5. The lowest BCUT2D eigenvalue weighted by atomic mass is 9.92. The Morgan fingerprint density at radius 2 is 1.68 bits per heavy atom. The molecule has 7 nitrogen and oxygen atoms in total. The number of aromatic nitrogens is 1. The van der Waals surface area contributed by atoms with Gasteiger partial charge in [0.1, 0.15) is 23.0 Å². The van der Waals surface area contributed by atoms with Crippen LogP contribution < -0.4 is 21.5 Å². The quantitative estimate of drug-likeness (QED) is 0.194. The monoisotopic (exact) mass is 515 g/mol. The van der Waals surface area contributed by atoms with Gasteiger partial charge in [-0.05, 0) is 61.6 Å². The van der Waals surface area contributed by atoms with Gasteiger partial charge in [0.25, 0.3) is 5.91 Å². The molecule has 1 aliphatic carbocycles. The van der Waals surface area contributed by atoms with Crippen molar-refractivity contribution < 1.29 is 9.53 Å². The first-order valence-electron chi connectivity index (χ1n) is 12.4. The van der Waals surface area contributed by atoms with Crippen molar-refractivity contribution in [2.45, 2.75) is 44.3 Å². The molecule has 0 unspecified atom stereocenters. The van der Waals surface area contributed by atoms with Crippen LogP contribution in [-0.4, -0.2) is 28.4 Å². The zero-order chi connectivity index (χ0) is 25.9. The molecule has 1 saturated carbocycles. The number of carbonyl (C=O) groups is 1. The molecule has 4 aromatic rings. The number of amidine groups is 1. The zero-order valence-electron chi connectivity index (χ0n) is 20.4. The number of fused-ring (bicyclic) bond motifs is 1. The van der Waals surface area contributed by atoms with Crippen molar-refractivity contribution in [1.29, 1.82) is 5.41 Å². The molecule has 1 fully saturated rings. The first kappa shape index (κ1) is 24.9. The third-order valence-corrected chi connectivity index (χ3v) is 7.26. The fourth-order valence-corrected chi connectivity index (χ4v) is 5.20. The lowest BCUT2D eigenvalue weighted by Gasteiger charge is -2.27. The van der Waals surface area contributed by atoms with E-state index in [9.17, 15) is 4.79 Å². The minimum atomic E-state index is -0.213. The van der Waals surface area contributed by atoms with Crippen LogP contribution in [0.15, 0.2) is 72.8 Å². The number of carbonyl (C=O) groups excluding carboxylic acids is 1. The van der Waals surface area contributed by atoms with Crippen molar-refractivity contribution in [3.05, 3.63) is 94.6 Å². The van der Waals surface area contributed by atoms with E-state index in [2.05, 4.69) is 5.32 Å². The number of amides is 1. The van der Waals surface area contributed by atoms with Crippen LogP contribution in [0.3, 0.4) is 0 Å². The molecule has 5 rings (SSSR count). The van der Waals surface area contributed by atoms with E-state index in [1.807, 2.05) is 71.3 Å². The SMILES string of the molecule is N=C(N)c1ccc2c(Cl)c(C(=O)NC3CCC(N)CC3)n(Cc3ccc(Oc4ccccc4)cc3)c2c1. The predicted octanol–water partition coefficient (Wildman–Crippen LogP) is 5.42. The van der Waals surface area contributed by atoms with Gasteiger partial charge >= 0.3 is 0 Å². The Morgan fingerprint density at radius 1 is 1.00 bits per heavy atom. The van der Waals surface area contributed by atoms with Crippen molar-refractivity contribution in [2.24, 2.45) is 11.5 Å². The third-order valence-electron chi connectivity index (χ3n) is 6.88. The molecule has 3 aromatic carbocycles. The summed E-state index contributed by atoms with van der Waals surface area (Å²) in [7, 11) is 0. The van der Waals surface area contributed by atoms with Crippen molar-refractivity contribution >= 4 is 34.2 Å². The number of nitrogens with two attached hydrogens (primary N) is 2. The Hall–Kier alpha value is -3.81. The van der Waals surface area contributed by atoms with Crippen LogP contribution in [0.2, 0.25) is 5.02 Å². The molecular weight excluding hydrogens is 486 g/mol. The van der Waals surface area contributed by atoms with Crippen LogP contribution >= 0.6 is 11.6 Å². The van der Waals surface area contributed by atoms with Gasteiger partial charge in [0, 0.05) is 29.6 Å². The lowest BCUT2D eigenvalue weighted by Crippen LogP contribution is -2.41. The Bertz CT molecular complexity index is 1420. The minimum Gasteiger partial charge on any atom is -0.457 e. The van der Waals surface area contributed by atoms with Gasteiger partial charge < -0.3 is 26.1 Å². The number of rotatable bonds is 7. The fourth-order valence-electron chi connectivity index (χ4n) is 4.85. The number of halogens is 1. The summed E-state index contributed by atoms with van der Waals surface area (Å²) >= 11 is 6.81. The first-order chi connectivity index (χ1) is 17.9. The smallest absolute Gasteiger partial charge is 0.269 e. The molecule has 0 spiro atoms. The van der Waals surface area contributed by atoms with Gasteiger partial charge in [-0.1, -0.05) is 54.1 Å². The van der Waals surface area contributed by atoms with Crippen molar-refractivity contribution in [3.63, 3.8) is 0 Å². The number of nitrogens with one attached hydrogen (secondary N) is 2. The highest BCUT2D eigenvalue weighted by atomic mass is 35.5. The average molecular weight is 516 g/mol. The van der Waals surface area contributed by atoms with Crippen LogP contribution in [0.5, 0.6) is 11.5 Å². The van der Waals surface area contributed by atoms with E-state index in [-0.39, 0.29) is 23.8 Å². The van der Waals surface area contributed by atoms with Gasteiger partial charge in [0.15, 0.2) is 0 Å². The molecule has 0 radical (unpaired) electrons. The largest absolute Gasteiger partial charge is 0.457 e. The number of benzene rings is 3. The first-order valence-corrected chi connectivity index (χ1v) is 12.8. The van der Waals surface area contributed by atoms with E-state index in [4.69, 9.17) is 33.2 Å². The van der Waals surface area contributed by atoms with E-state index in [1.54, 1.807) is 6.07 Å². The van der Waals surface area contributed by atoms with Crippen molar-refractivity contribution in [3.8, 4) is 11.5 Å². The standard InChI is InChI=1S/C29H30ClN5O2/c30-26-24-15-8-19(28(32)33)16-25(24)35(27(26)29(36)34-21-11-9-20(31)10-12-21)17-18-6-13-23(14-7-18)37-22-4-2-1-3-5-22/h1-8,13-16,20-21H,9-12,17,31H2,(H3,32,33)(H,34,36). The van der Waals surface area contributed by atoms with Crippen LogP contribution in [0.4, 0.5) is 0 Å². The lowest BCUT2D eigenvalue weighted by molar-refractivity contribution is 0.0917. The molecule has 8 heteroatoms. The fraction of sp³-hybridized carbons (Fsp3) is 0.241. The minimum absolute atomic E-state index is 0.0438. The van der Waals surface area contributed by atoms with Crippen molar-refractivity contribution in [1.82, 2.24) is 9.88 Å². The molecular formula is C29H30ClN5O2. The van der Waals surface area contributed by atoms with E-state index >= 15 is 0 Å². The second-order valence-electron chi connectivity index (χ2n) is 9.54. The Kier molecular flexibility index (Phi) is 7.17. The summed E-state index contributed by atoms with van der Waals surface area (Å²) in [6.07, 6.45) is 3.48. The maximum absolute atomic E-state index is 13.5. The topological polar surface area (TPSA) is 119 Å². The normalized spacial score (nSPS) is 17.5. The molecule has 0 atom stereocenters. The Balaban J connectivity index is 1.47. The van der Waals surface area contributed by atoms with Crippen molar-refractivity contribution in [2.75, 3.05) is 0 Å². The van der Waals surface area contributed by atoms with Gasteiger partial charge in [0.2, 0.25) is 0 Å². The summed E-state index contributed by atoms with van der Waals surface area (Å²) in [6.45, 7) is 0.411. The number of hydrogen-bond donors (Lipinski definition) is 4. The second-order valence-corrected chi connectivity index (χ2v) is 9.92. The number of para-hydroxylation sites is 1. The molecule has 190 valence electrons. The van der Waals surface area contributed by atoms with Gasteiger partial charge in [0.05, 0.1) is 10.5 Å². The van der Waals surface area contributed by atoms with E-state index in [0.717, 1.165) is 53.6 Å². The molecule has 1 amide bonds. The second kappa shape index (κ2) is 10.7. The van der Waals surface area contributed by atoms with Gasteiger partial charge in [-0.2, -0.15) is 0 Å². The molecule has 0 aliphatic heterocycles. The summed E-state index contributed by atoms with van der Waals surface area (Å²) in [5.74, 6) is 1.23. The third kappa shape index (κ3) is 5.48. The van der Waals surface area contributed by atoms with Crippen LogP contribution in [-0.2, 0) is 6.54 Å². The van der Waals surface area contributed by atoms with Gasteiger partial charge in [-0.25, -0.2) is 0 Å². The molecule has 1 heterocycles. The van der Waals surface area contributed by atoms with E-state index < -0.39 is 0 Å². The molecule has 37 heavy (non-hydrogen) atoms. The molecule has 0 bridgehead atoms. The summed E-state index contributed by atoms with van der Waals surface area (Å²) in [5, 5.41) is 12.2. The Morgan fingerprint density at radius 3 is 2.35 bits per heavy atom. The van der Waals surface area contributed by atoms with Crippen LogP contribution in [0.25, 0.3) is 10.9 Å². The summed E-state index contributed by atoms with van der Waals surface area (Å²) in [6, 6.07) is 23.0. The van der Waals surface area contributed by atoms with Crippen LogP contribution in [0.1, 0.15) is 47.3 Å². The molecule has 1 aromatic heterocycles. The number of nitrogens with zero attached hydrogens (tertiary/aromatic N) is 1. The molecule has 0 saturated heterocycles. The van der Waals surface area contributed by atoms with E-state index in [0.29, 0.717) is 22.8 Å². The maximum Gasteiger partial charge on any atom is 0.269 e. The average Bonchev–Trinajstić information content (AvgIpc) is 3.17. The molecule has 1 aliphatic rings. The zero-order valence-corrected chi connectivity index (χ0v) is 21.2. The Labute approximate surface area is 220 Å². The molecule has 6 N–H and O–H groups in total. The number of nitrogen functional groups attached to an aromatic ring is 1. The summed E-state index contributed by atoms with van der Waals surface area (Å²) in [4.78, 5) is 13.5. The van der Waals surface area contributed by atoms with Gasteiger partial charge in [-0.3, -0.25) is 10.2 Å². The van der Waals surface area contributed by atoms with Crippen LogP contribution in [0, 0.1) is 5.41 Å². The number of ether oxygens (including phenoxy) is 1.